The predicted molar refractivity (Wildman–Crippen MR) is 96.4 cm³/mol. The second kappa shape index (κ2) is 7.12. The number of carbonyl (C=O) groups excluding carboxylic acids is 1. The number of hydrogen-bond donors (Lipinski definition) is 2. The second-order valence-electron chi connectivity index (χ2n) is 5.51. The maximum atomic E-state index is 12.2. The number of methoxy groups -OCH3 is 1. The molecule has 2 aromatic heterocycles. The van der Waals surface area contributed by atoms with Gasteiger partial charge in [0.15, 0.2) is 5.69 Å². The van der Waals surface area contributed by atoms with Crippen LogP contribution in [0.3, 0.4) is 0 Å². The Hall–Kier alpha value is -3.22. The van der Waals surface area contributed by atoms with Gasteiger partial charge in [-0.1, -0.05) is 25.1 Å². The van der Waals surface area contributed by atoms with Gasteiger partial charge in [0.2, 0.25) is 5.88 Å². The van der Waals surface area contributed by atoms with Gasteiger partial charge in [0.05, 0.1) is 12.8 Å². The molecule has 0 saturated carbocycles. The van der Waals surface area contributed by atoms with E-state index in [9.17, 15) is 4.79 Å². The summed E-state index contributed by atoms with van der Waals surface area (Å²) in [6.07, 6.45) is 2.54. The van der Waals surface area contributed by atoms with Crippen LogP contribution in [-0.2, 0) is 0 Å². The van der Waals surface area contributed by atoms with Crippen LogP contribution in [0.1, 0.15) is 23.8 Å². The van der Waals surface area contributed by atoms with E-state index >= 15 is 0 Å². The molecule has 0 spiro atoms. The first kappa shape index (κ1) is 16.6. The third-order valence-corrected chi connectivity index (χ3v) is 3.84. The lowest BCUT2D eigenvalue weighted by Gasteiger charge is -2.10. The van der Waals surface area contributed by atoms with E-state index in [1.165, 1.54) is 0 Å². The van der Waals surface area contributed by atoms with Gasteiger partial charge in [0, 0.05) is 35.3 Å². The third-order valence-electron chi connectivity index (χ3n) is 3.84. The number of ether oxygens (including phenoxy) is 1. The number of benzene rings is 1. The van der Waals surface area contributed by atoms with Gasteiger partial charge in [-0.25, -0.2) is 4.98 Å². The Morgan fingerprint density at radius 1 is 1.24 bits per heavy atom. The maximum absolute atomic E-state index is 12.2. The first-order valence-corrected chi connectivity index (χ1v) is 7.99. The zero-order valence-electron chi connectivity index (χ0n) is 14.1. The molecule has 0 aliphatic carbocycles. The summed E-state index contributed by atoms with van der Waals surface area (Å²) < 4.78 is 5.08. The standard InChI is InChI=1S/C18H19N5O2/c1-3-9-20-18(24)17-15(19)13-6-4-5-12(16(13)22-23-17)11-7-8-14(25-2)21-10-11/h4-8,10H,3,9H2,1-2H3,(H2,19,22)(H,20,24). The summed E-state index contributed by atoms with van der Waals surface area (Å²) in [5.74, 6) is 0.217. The van der Waals surface area contributed by atoms with Crippen molar-refractivity contribution in [1.29, 1.82) is 0 Å². The van der Waals surface area contributed by atoms with Crippen molar-refractivity contribution in [2.24, 2.45) is 0 Å². The number of fused-ring (bicyclic) bond motifs is 1. The number of carbonyl (C=O) groups is 1. The number of rotatable bonds is 5. The van der Waals surface area contributed by atoms with Crippen LogP contribution in [0.2, 0.25) is 0 Å². The number of nitrogens with two attached hydrogens (primary N) is 1. The van der Waals surface area contributed by atoms with Crippen molar-refractivity contribution >= 4 is 22.5 Å². The molecule has 3 N–H and O–H groups in total. The zero-order valence-corrected chi connectivity index (χ0v) is 14.1. The largest absolute Gasteiger partial charge is 0.481 e. The molecule has 0 atom stereocenters. The number of pyridine rings is 1. The normalized spacial score (nSPS) is 10.6. The van der Waals surface area contributed by atoms with Crippen molar-refractivity contribution in [3.8, 4) is 17.0 Å². The van der Waals surface area contributed by atoms with Gasteiger partial charge in [0.25, 0.3) is 5.91 Å². The summed E-state index contributed by atoms with van der Waals surface area (Å²) in [7, 11) is 1.57. The fourth-order valence-electron chi connectivity index (χ4n) is 2.53. The minimum Gasteiger partial charge on any atom is -0.481 e. The molecule has 0 bridgehead atoms. The SMILES string of the molecule is CCCNC(=O)c1nnc2c(-c3ccc(OC)nc3)cccc2c1N. The van der Waals surface area contributed by atoms with Crippen LogP contribution in [0.15, 0.2) is 36.5 Å². The van der Waals surface area contributed by atoms with E-state index in [1.54, 1.807) is 19.4 Å². The van der Waals surface area contributed by atoms with Crippen molar-refractivity contribution in [2.45, 2.75) is 13.3 Å². The molecule has 1 amide bonds. The van der Waals surface area contributed by atoms with E-state index < -0.39 is 0 Å². The molecule has 7 heteroatoms. The summed E-state index contributed by atoms with van der Waals surface area (Å²) in [5.41, 5.74) is 8.98. The fraction of sp³-hybridized carbons (Fsp3) is 0.222. The maximum Gasteiger partial charge on any atom is 0.273 e. The summed E-state index contributed by atoms with van der Waals surface area (Å²) in [4.78, 5) is 16.4. The second-order valence-corrected chi connectivity index (χ2v) is 5.51. The summed E-state index contributed by atoms with van der Waals surface area (Å²) in [6, 6.07) is 9.28. The van der Waals surface area contributed by atoms with E-state index in [0.29, 0.717) is 29.0 Å². The lowest BCUT2D eigenvalue weighted by Crippen LogP contribution is -2.26. The molecular weight excluding hydrogens is 318 g/mol. The highest BCUT2D eigenvalue weighted by atomic mass is 16.5. The number of hydrogen-bond acceptors (Lipinski definition) is 6. The molecule has 7 nitrogen and oxygen atoms in total. The first-order valence-electron chi connectivity index (χ1n) is 7.99. The number of anilines is 1. The molecule has 0 aliphatic heterocycles. The predicted octanol–water partition coefficient (Wildman–Crippen LogP) is 2.42. The third kappa shape index (κ3) is 3.21. The molecule has 0 fully saturated rings. The minimum absolute atomic E-state index is 0.144. The van der Waals surface area contributed by atoms with Crippen LogP contribution in [0.25, 0.3) is 22.0 Å². The molecule has 0 saturated heterocycles. The van der Waals surface area contributed by atoms with Crippen molar-refractivity contribution < 1.29 is 9.53 Å². The van der Waals surface area contributed by atoms with Crippen molar-refractivity contribution in [3.63, 3.8) is 0 Å². The molecule has 25 heavy (non-hydrogen) atoms. The van der Waals surface area contributed by atoms with Crippen molar-refractivity contribution in [3.05, 3.63) is 42.2 Å². The molecule has 2 heterocycles. The van der Waals surface area contributed by atoms with Crippen LogP contribution >= 0.6 is 0 Å². The molecule has 3 rings (SSSR count). The van der Waals surface area contributed by atoms with Gasteiger partial charge in [-0.05, 0) is 12.5 Å². The summed E-state index contributed by atoms with van der Waals surface area (Å²) >= 11 is 0. The van der Waals surface area contributed by atoms with Gasteiger partial charge >= 0.3 is 0 Å². The lowest BCUT2D eigenvalue weighted by molar-refractivity contribution is 0.0949. The molecule has 128 valence electrons. The Morgan fingerprint density at radius 2 is 2.08 bits per heavy atom. The van der Waals surface area contributed by atoms with Gasteiger partial charge in [0.1, 0.15) is 5.52 Å². The van der Waals surface area contributed by atoms with Crippen LogP contribution in [0.4, 0.5) is 5.69 Å². The van der Waals surface area contributed by atoms with Crippen LogP contribution in [0.5, 0.6) is 5.88 Å². The van der Waals surface area contributed by atoms with Gasteiger partial charge < -0.3 is 15.8 Å². The fourth-order valence-corrected chi connectivity index (χ4v) is 2.53. The average Bonchev–Trinajstić information content (AvgIpc) is 2.66. The molecule has 3 aromatic rings. The minimum atomic E-state index is -0.315. The molecule has 0 aliphatic rings. The number of nitrogens with one attached hydrogen (secondary N) is 1. The number of nitrogen functional groups attached to an aromatic ring is 1. The Balaban J connectivity index is 2.07. The van der Waals surface area contributed by atoms with Crippen LogP contribution in [0, 0.1) is 0 Å². The summed E-state index contributed by atoms with van der Waals surface area (Å²) in [5, 5.41) is 11.7. The number of nitrogens with zero attached hydrogens (tertiary/aromatic N) is 3. The Labute approximate surface area is 145 Å². The molecule has 1 aromatic carbocycles. The average molecular weight is 337 g/mol. The molecule has 0 unspecified atom stereocenters. The number of aromatic nitrogens is 3. The highest BCUT2D eigenvalue weighted by molar-refractivity contribution is 6.07. The summed E-state index contributed by atoms with van der Waals surface area (Å²) in [6.45, 7) is 2.54. The van der Waals surface area contributed by atoms with E-state index in [0.717, 1.165) is 17.5 Å². The highest BCUT2D eigenvalue weighted by Crippen LogP contribution is 2.30. The van der Waals surface area contributed by atoms with E-state index in [1.807, 2.05) is 31.2 Å². The van der Waals surface area contributed by atoms with E-state index in [2.05, 4.69) is 20.5 Å². The lowest BCUT2D eigenvalue weighted by atomic mass is 10.0. The van der Waals surface area contributed by atoms with Gasteiger partial charge in [-0.15, -0.1) is 10.2 Å². The topological polar surface area (TPSA) is 103 Å². The van der Waals surface area contributed by atoms with E-state index in [4.69, 9.17) is 10.5 Å². The van der Waals surface area contributed by atoms with E-state index in [-0.39, 0.29) is 11.6 Å². The Kier molecular flexibility index (Phi) is 4.74. The van der Waals surface area contributed by atoms with Crippen molar-refractivity contribution in [1.82, 2.24) is 20.5 Å². The van der Waals surface area contributed by atoms with Crippen LogP contribution in [-0.4, -0.2) is 34.7 Å². The van der Waals surface area contributed by atoms with Crippen molar-refractivity contribution in [2.75, 3.05) is 19.4 Å². The zero-order chi connectivity index (χ0) is 17.8. The molecular formula is C18H19N5O2. The first-order chi connectivity index (χ1) is 12.2. The van der Waals surface area contributed by atoms with Gasteiger partial charge in [-0.2, -0.15) is 0 Å². The smallest absolute Gasteiger partial charge is 0.273 e. The van der Waals surface area contributed by atoms with Gasteiger partial charge in [-0.3, -0.25) is 4.79 Å². The highest BCUT2D eigenvalue weighted by Gasteiger charge is 2.17. The molecule has 0 radical (unpaired) electrons. The Morgan fingerprint density at radius 3 is 2.76 bits per heavy atom. The number of amides is 1. The Bertz CT molecular complexity index is 909. The monoisotopic (exact) mass is 337 g/mol. The quantitative estimate of drug-likeness (QED) is 0.741. The van der Waals surface area contributed by atoms with Crippen LogP contribution < -0.4 is 15.8 Å².